The predicted octanol–water partition coefficient (Wildman–Crippen LogP) is 0.674. The first-order chi connectivity index (χ1) is 6.28. The lowest BCUT2D eigenvalue weighted by Gasteiger charge is -2.24. The van der Waals surface area contributed by atoms with E-state index in [4.69, 9.17) is 15.6 Å². The lowest BCUT2D eigenvalue weighted by Crippen LogP contribution is -2.38. The SMILES string of the molecule is CC(C(=O)OC(C)(C)C)C(N)CCO. The Morgan fingerprint density at radius 2 is 2.00 bits per heavy atom. The fourth-order valence-corrected chi connectivity index (χ4v) is 0.969. The van der Waals surface area contributed by atoms with Crippen molar-refractivity contribution >= 4 is 5.97 Å². The van der Waals surface area contributed by atoms with E-state index < -0.39 is 5.60 Å². The molecule has 0 aliphatic heterocycles. The lowest BCUT2D eigenvalue weighted by molar-refractivity contribution is -0.160. The van der Waals surface area contributed by atoms with Gasteiger partial charge in [0.25, 0.3) is 0 Å². The number of hydrogen-bond acceptors (Lipinski definition) is 4. The molecule has 0 rings (SSSR count). The van der Waals surface area contributed by atoms with E-state index in [0.29, 0.717) is 6.42 Å². The molecule has 0 aliphatic rings. The number of hydrogen-bond donors (Lipinski definition) is 2. The first-order valence-corrected chi connectivity index (χ1v) is 4.87. The number of carbonyl (C=O) groups is 1. The predicted molar refractivity (Wildman–Crippen MR) is 54.7 cm³/mol. The van der Waals surface area contributed by atoms with Crippen molar-refractivity contribution in [2.75, 3.05) is 6.61 Å². The second kappa shape index (κ2) is 5.32. The highest BCUT2D eigenvalue weighted by atomic mass is 16.6. The van der Waals surface area contributed by atoms with E-state index in [1.807, 2.05) is 20.8 Å². The third kappa shape index (κ3) is 5.19. The van der Waals surface area contributed by atoms with E-state index in [1.165, 1.54) is 0 Å². The number of rotatable bonds is 4. The van der Waals surface area contributed by atoms with Crippen molar-refractivity contribution in [2.24, 2.45) is 11.7 Å². The van der Waals surface area contributed by atoms with Crippen LogP contribution in [0.1, 0.15) is 34.1 Å². The number of aliphatic hydroxyl groups excluding tert-OH is 1. The zero-order chi connectivity index (χ0) is 11.4. The summed E-state index contributed by atoms with van der Waals surface area (Å²) in [7, 11) is 0. The van der Waals surface area contributed by atoms with E-state index in [9.17, 15) is 4.79 Å². The Hall–Kier alpha value is -0.610. The van der Waals surface area contributed by atoms with Gasteiger partial charge >= 0.3 is 5.97 Å². The standard InChI is InChI=1S/C10H21NO3/c1-7(8(11)5-6-12)9(13)14-10(2,3)4/h7-8,12H,5-6,11H2,1-4H3. The lowest BCUT2D eigenvalue weighted by atomic mass is 10.00. The van der Waals surface area contributed by atoms with Crippen LogP contribution in [0.3, 0.4) is 0 Å². The molecule has 3 N–H and O–H groups in total. The molecule has 84 valence electrons. The minimum atomic E-state index is -0.482. The summed E-state index contributed by atoms with van der Waals surface area (Å²) >= 11 is 0. The molecular weight excluding hydrogens is 182 g/mol. The van der Waals surface area contributed by atoms with Crippen molar-refractivity contribution in [1.82, 2.24) is 0 Å². The molecule has 0 bridgehead atoms. The van der Waals surface area contributed by atoms with Gasteiger partial charge in [0, 0.05) is 12.6 Å². The van der Waals surface area contributed by atoms with Gasteiger partial charge < -0.3 is 15.6 Å². The van der Waals surface area contributed by atoms with Crippen LogP contribution in [-0.4, -0.2) is 29.3 Å². The van der Waals surface area contributed by atoms with Gasteiger partial charge in [-0.2, -0.15) is 0 Å². The third-order valence-corrected chi connectivity index (χ3v) is 1.88. The second-order valence-electron chi connectivity index (χ2n) is 4.50. The summed E-state index contributed by atoms with van der Waals surface area (Å²) < 4.78 is 5.17. The van der Waals surface area contributed by atoms with Crippen molar-refractivity contribution in [3.05, 3.63) is 0 Å². The summed E-state index contributed by atoms with van der Waals surface area (Å²) in [6, 6.07) is -0.338. The van der Waals surface area contributed by atoms with Crippen molar-refractivity contribution < 1.29 is 14.6 Å². The summed E-state index contributed by atoms with van der Waals surface area (Å²) in [6.07, 6.45) is 0.417. The van der Waals surface area contributed by atoms with Crippen LogP contribution in [0.25, 0.3) is 0 Å². The van der Waals surface area contributed by atoms with Crippen molar-refractivity contribution in [2.45, 2.75) is 45.8 Å². The van der Waals surface area contributed by atoms with Crippen LogP contribution in [-0.2, 0) is 9.53 Å². The minimum Gasteiger partial charge on any atom is -0.460 e. The monoisotopic (exact) mass is 203 g/mol. The second-order valence-corrected chi connectivity index (χ2v) is 4.50. The molecule has 0 saturated carbocycles. The van der Waals surface area contributed by atoms with E-state index in [-0.39, 0.29) is 24.5 Å². The Balaban J connectivity index is 4.12. The molecule has 2 atom stereocenters. The van der Waals surface area contributed by atoms with E-state index >= 15 is 0 Å². The molecule has 14 heavy (non-hydrogen) atoms. The molecule has 0 saturated heterocycles. The van der Waals surface area contributed by atoms with Gasteiger partial charge in [-0.1, -0.05) is 6.92 Å². The molecule has 0 aromatic heterocycles. The number of ether oxygens (including phenoxy) is 1. The molecule has 0 aromatic rings. The van der Waals surface area contributed by atoms with Gasteiger partial charge in [0.05, 0.1) is 5.92 Å². The Kier molecular flexibility index (Phi) is 5.08. The Labute approximate surface area is 85.4 Å². The van der Waals surface area contributed by atoms with E-state index in [1.54, 1.807) is 6.92 Å². The Morgan fingerprint density at radius 3 is 2.36 bits per heavy atom. The smallest absolute Gasteiger partial charge is 0.310 e. The van der Waals surface area contributed by atoms with Crippen LogP contribution in [0.2, 0.25) is 0 Å². The Morgan fingerprint density at radius 1 is 1.50 bits per heavy atom. The van der Waals surface area contributed by atoms with Crippen LogP contribution in [0.5, 0.6) is 0 Å². The summed E-state index contributed by atoms with van der Waals surface area (Å²) in [6.45, 7) is 7.16. The van der Waals surface area contributed by atoms with Gasteiger partial charge in [0.15, 0.2) is 0 Å². The van der Waals surface area contributed by atoms with Crippen molar-refractivity contribution in [1.29, 1.82) is 0 Å². The molecule has 0 heterocycles. The van der Waals surface area contributed by atoms with Crippen LogP contribution in [0.15, 0.2) is 0 Å². The molecule has 4 heteroatoms. The van der Waals surface area contributed by atoms with Gasteiger partial charge in [-0.15, -0.1) is 0 Å². The molecule has 0 aromatic carbocycles. The van der Waals surface area contributed by atoms with Gasteiger partial charge in [-0.3, -0.25) is 4.79 Å². The van der Waals surface area contributed by atoms with Gasteiger partial charge in [-0.05, 0) is 27.2 Å². The molecule has 4 nitrogen and oxygen atoms in total. The highest BCUT2D eigenvalue weighted by Gasteiger charge is 2.25. The van der Waals surface area contributed by atoms with Gasteiger partial charge in [0.1, 0.15) is 5.60 Å². The maximum Gasteiger partial charge on any atom is 0.310 e. The number of aliphatic hydroxyl groups is 1. The van der Waals surface area contributed by atoms with E-state index in [0.717, 1.165) is 0 Å². The van der Waals surface area contributed by atoms with Crippen LogP contribution < -0.4 is 5.73 Å². The van der Waals surface area contributed by atoms with Gasteiger partial charge in [-0.25, -0.2) is 0 Å². The molecule has 2 unspecified atom stereocenters. The van der Waals surface area contributed by atoms with Crippen molar-refractivity contribution in [3.63, 3.8) is 0 Å². The molecule has 0 fully saturated rings. The maximum atomic E-state index is 11.5. The molecule has 0 spiro atoms. The fourth-order valence-electron chi connectivity index (χ4n) is 0.969. The topological polar surface area (TPSA) is 72.5 Å². The summed E-state index contributed by atoms with van der Waals surface area (Å²) in [5.41, 5.74) is 5.20. The largest absolute Gasteiger partial charge is 0.460 e. The third-order valence-electron chi connectivity index (χ3n) is 1.88. The molecule has 0 amide bonds. The molecule has 0 radical (unpaired) electrons. The zero-order valence-corrected chi connectivity index (χ0v) is 9.41. The van der Waals surface area contributed by atoms with Gasteiger partial charge in [0.2, 0.25) is 0 Å². The summed E-state index contributed by atoms with van der Waals surface area (Å²) in [4.78, 5) is 11.5. The van der Waals surface area contributed by atoms with E-state index in [2.05, 4.69) is 0 Å². The average molecular weight is 203 g/mol. The fraction of sp³-hybridized carbons (Fsp3) is 0.900. The normalized spacial score (nSPS) is 16.1. The highest BCUT2D eigenvalue weighted by Crippen LogP contribution is 2.13. The number of nitrogens with two attached hydrogens (primary N) is 1. The first-order valence-electron chi connectivity index (χ1n) is 4.87. The first kappa shape index (κ1) is 13.4. The maximum absolute atomic E-state index is 11.5. The summed E-state index contributed by atoms with van der Waals surface area (Å²) in [5.74, 6) is -0.681. The summed E-state index contributed by atoms with van der Waals surface area (Å²) in [5, 5.41) is 8.67. The highest BCUT2D eigenvalue weighted by molar-refractivity contribution is 5.73. The molecular formula is C10H21NO3. The number of carbonyl (C=O) groups excluding carboxylic acids is 1. The minimum absolute atomic E-state index is 0.00565. The number of esters is 1. The van der Waals surface area contributed by atoms with Crippen LogP contribution >= 0.6 is 0 Å². The zero-order valence-electron chi connectivity index (χ0n) is 9.41. The quantitative estimate of drug-likeness (QED) is 0.659. The average Bonchev–Trinajstić information content (AvgIpc) is 2.00. The van der Waals surface area contributed by atoms with Crippen LogP contribution in [0, 0.1) is 5.92 Å². The van der Waals surface area contributed by atoms with Crippen molar-refractivity contribution in [3.8, 4) is 0 Å². The Bertz CT molecular complexity index is 186. The van der Waals surface area contributed by atoms with Crippen LogP contribution in [0.4, 0.5) is 0 Å². The molecule has 0 aliphatic carbocycles.